The number of anilines is 1. The van der Waals surface area contributed by atoms with Crippen molar-refractivity contribution in [3.8, 4) is 0 Å². The van der Waals surface area contributed by atoms with Gasteiger partial charge in [-0.05, 0) is 173 Å². The number of esters is 5. The molecule has 0 spiro atoms. The summed E-state index contributed by atoms with van der Waals surface area (Å²) in [4.78, 5) is 136. The lowest BCUT2D eigenvalue weighted by atomic mass is 9.44. The summed E-state index contributed by atoms with van der Waals surface area (Å²) in [6, 6.07) is 24.1. The van der Waals surface area contributed by atoms with Crippen LogP contribution in [0.3, 0.4) is 0 Å². The number of aliphatic hydroxyl groups excluding tert-OH is 3. The molecule has 2 bridgehead atoms. The fourth-order valence-electron chi connectivity index (χ4n) is 16.5. The zero-order chi connectivity index (χ0) is 85.3. The Hall–Kier alpha value is -9.90. The summed E-state index contributed by atoms with van der Waals surface area (Å²) < 4.78 is 72.1. The highest BCUT2D eigenvalue weighted by atomic mass is 19.3. The summed E-state index contributed by atoms with van der Waals surface area (Å²) in [5.74, 6) is -12.6. The van der Waals surface area contributed by atoms with Gasteiger partial charge in [-0.15, -0.1) is 0 Å². The number of aromatic nitrogens is 2. The first-order chi connectivity index (χ1) is 55.5. The third kappa shape index (κ3) is 21.7. The lowest BCUT2D eigenvalue weighted by molar-refractivity contribution is -0.346. The molecule has 6 N–H and O–H groups in total. The van der Waals surface area contributed by atoms with Crippen molar-refractivity contribution >= 4 is 53.3 Å². The van der Waals surface area contributed by atoms with Crippen molar-refractivity contribution in [3.05, 3.63) is 211 Å². The van der Waals surface area contributed by atoms with Crippen LogP contribution in [0.5, 0.6) is 0 Å². The first-order valence-electron chi connectivity index (χ1n) is 40.0. The van der Waals surface area contributed by atoms with Crippen molar-refractivity contribution in [1.29, 1.82) is 0 Å². The molecule has 3 heterocycles. The molecule has 9 rings (SSSR count). The fourth-order valence-corrected chi connectivity index (χ4v) is 16.5. The molecular formula is C90H112F2N4O21. The quantitative estimate of drug-likeness (QED) is 0.00810. The molecule has 117 heavy (non-hydrogen) atoms. The van der Waals surface area contributed by atoms with Gasteiger partial charge in [0.25, 0.3) is 5.91 Å². The van der Waals surface area contributed by atoms with Crippen LogP contribution in [0.1, 0.15) is 224 Å². The predicted molar refractivity (Wildman–Crippen MR) is 429 cm³/mol. The minimum atomic E-state index is -3.87. The fraction of sp³-hybridized carbons (Fsp3) is 0.511. The minimum Gasteiger partial charge on any atom is -0.455 e. The topological polar surface area (TPSA) is 350 Å². The van der Waals surface area contributed by atoms with E-state index >= 15 is 9.59 Å². The van der Waals surface area contributed by atoms with E-state index in [4.69, 9.17) is 38.0 Å². The van der Waals surface area contributed by atoms with E-state index in [1.54, 1.807) is 92.7 Å². The van der Waals surface area contributed by atoms with Crippen LogP contribution >= 0.6 is 0 Å². The number of ketones is 1. The Morgan fingerprint density at radius 2 is 1.16 bits per heavy atom. The van der Waals surface area contributed by atoms with Crippen molar-refractivity contribution in [2.24, 2.45) is 16.7 Å². The molecule has 2 saturated heterocycles. The zero-order valence-electron chi connectivity index (χ0n) is 68.7. The number of ether oxygens (including phenoxy) is 7. The summed E-state index contributed by atoms with van der Waals surface area (Å²) in [5.41, 5.74) is 0.571. The number of rotatable bonds is 36. The van der Waals surface area contributed by atoms with E-state index < -0.39 is 161 Å². The van der Waals surface area contributed by atoms with Gasteiger partial charge in [-0.1, -0.05) is 150 Å². The second-order valence-corrected chi connectivity index (χ2v) is 32.3. The number of hydrogen-bond acceptors (Lipinski definition) is 23. The Bertz CT molecular complexity index is 4530. The molecule has 14 atom stereocenters. The SMILES string of the molecule is CC(=O)O[C@H]1C(=O)[C@@]2(C)[C@H]([C@H](OC(=O)c3ccccc3)[C@]3(O)C[C@H](OC(=O)[C@H](OC(=O)CC/C(C)=C/CC/C(C)=C/CC/C(C)=C/CC/C(C)=C/CC/C=C(\C)CC/C=C(\C)CCC(=O)ONc4ccn([C@@H]5O[C@H](CO)[C@@H](O)C5(F)F)c(=O)n4)[C@@H](NC(=O)c4ccccc4)c4ccccc4)C(C)=C1C3(C)C)[C@]1(OC(C)=O)CO[C@@H]1C[C@@H]2O. The Labute approximate surface area is 681 Å². The number of halogens is 2. The van der Waals surface area contributed by atoms with E-state index in [1.165, 1.54) is 48.3 Å². The number of amides is 1. The Morgan fingerprint density at radius 3 is 1.66 bits per heavy atom. The molecule has 0 radical (unpaired) electrons. The van der Waals surface area contributed by atoms with E-state index in [0.717, 1.165) is 95.0 Å². The third-order valence-electron chi connectivity index (χ3n) is 23.4. The number of Topliss-reactive ketones (excluding diaryl/α,β-unsaturated/α-hetero) is 1. The molecule has 0 unspecified atom stereocenters. The monoisotopic (exact) mass is 1620 g/mol. The highest BCUT2D eigenvalue weighted by molar-refractivity contribution is 5.96. The van der Waals surface area contributed by atoms with Gasteiger partial charge in [0.15, 0.2) is 29.4 Å². The second kappa shape index (κ2) is 40.0. The summed E-state index contributed by atoms with van der Waals surface area (Å²) in [6.07, 6.45) is 6.29. The van der Waals surface area contributed by atoms with Gasteiger partial charge in [-0.2, -0.15) is 13.8 Å². The number of nitrogens with zero attached hydrogens (tertiary/aromatic N) is 2. The normalized spacial score (nSPS) is 26.3. The van der Waals surface area contributed by atoms with Crippen molar-refractivity contribution in [2.75, 3.05) is 18.7 Å². The molecular weight excluding hydrogens is 1510 g/mol. The first-order valence-corrected chi connectivity index (χ1v) is 40.0. The zero-order valence-corrected chi connectivity index (χ0v) is 68.7. The number of nitrogens with one attached hydrogen (secondary N) is 2. The number of allylic oxidation sites excluding steroid dienone is 12. The van der Waals surface area contributed by atoms with Gasteiger partial charge < -0.3 is 63.7 Å². The lowest BCUT2D eigenvalue weighted by Crippen LogP contribution is -2.82. The van der Waals surface area contributed by atoms with Gasteiger partial charge in [0.1, 0.15) is 36.1 Å². The van der Waals surface area contributed by atoms with Crippen molar-refractivity contribution < 1.29 is 106 Å². The Kier molecular flexibility index (Phi) is 31.1. The number of carbonyl (C=O) groups excluding carboxylic acids is 8. The van der Waals surface area contributed by atoms with Gasteiger partial charge in [0.05, 0.1) is 42.6 Å². The van der Waals surface area contributed by atoms with Crippen LogP contribution in [0.2, 0.25) is 0 Å². The first kappa shape index (κ1) is 91.0. The van der Waals surface area contributed by atoms with Gasteiger partial charge in [0.2, 0.25) is 12.3 Å². The number of hydrogen-bond donors (Lipinski definition) is 6. The summed E-state index contributed by atoms with van der Waals surface area (Å²) in [5, 5.41) is 48.5. The van der Waals surface area contributed by atoms with Crippen LogP contribution in [0, 0.1) is 16.7 Å². The van der Waals surface area contributed by atoms with Crippen LogP contribution in [0.15, 0.2) is 189 Å². The molecule has 27 heteroatoms. The van der Waals surface area contributed by atoms with E-state index in [9.17, 15) is 62.8 Å². The number of carbonyl (C=O) groups is 8. The number of alkyl halides is 2. The van der Waals surface area contributed by atoms with Crippen LogP contribution in [-0.4, -0.2) is 157 Å². The van der Waals surface area contributed by atoms with Crippen molar-refractivity contribution in [2.45, 2.75) is 264 Å². The molecule has 2 saturated carbocycles. The smallest absolute Gasteiger partial charge is 0.351 e. The highest BCUT2D eigenvalue weighted by Crippen LogP contribution is 2.65. The minimum absolute atomic E-state index is 0.0377. The van der Waals surface area contributed by atoms with Gasteiger partial charge in [-0.25, -0.2) is 24.7 Å². The number of benzene rings is 3. The van der Waals surface area contributed by atoms with Gasteiger partial charge in [0, 0.05) is 56.4 Å². The number of unbranched alkanes of at least 4 members (excludes halogenated alkanes) is 1. The summed E-state index contributed by atoms with van der Waals surface area (Å²) in [7, 11) is 0. The second-order valence-electron chi connectivity index (χ2n) is 32.3. The van der Waals surface area contributed by atoms with E-state index in [0.29, 0.717) is 23.0 Å². The Morgan fingerprint density at radius 1 is 0.650 bits per heavy atom. The molecule has 5 aliphatic rings. The molecule has 3 aromatic carbocycles. The molecule has 1 amide bonds. The third-order valence-corrected chi connectivity index (χ3v) is 23.4. The maximum absolute atomic E-state index is 16.0. The molecule has 1 aromatic heterocycles. The summed E-state index contributed by atoms with van der Waals surface area (Å²) in [6.45, 7) is 19.4. The highest BCUT2D eigenvalue weighted by Gasteiger charge is 2.78. The summed E-state index contributed by atoms with van der Waals surface area (Å²) >= 11 is 0. The van der Waals surface area contributed by atoms with Crippen molar-refractivity contribution in [3.63, 3.8) is 0 Å². The molecule has 4 aromatic rings. The molecule has 632 valence electrons. The maximum atomic E-state index is 16.0. The molecule has 3 aliphatic carbocycles. The van der Waals surface area contributed by atoms with E-state index in [2.05, 4.69) is 79.9 Å². The average molecular weight is 1620 g/mol. The van der Waals surface area contributed by atoms with Gasteiger partial charge >= 0.3 is 47.4 Å². The lowest BCUT2D eigenvalue weighted by Gasteiger charge is -2.67. The van der Waals surface area contributed by atoms with E-state index in [1.807, 2.05) is 13.8 Å². The predicted octanol–water partition coefficient (Wildman–Crippen LogP) is 13.4. The van der Waals surface area contributed by atoms with Crippen LogP contribution in [0.25, 0.3) is 0 Å². The van der Waals surface area contributed by atoms with Gasteiger partial charge in [-0.3, -0.25) is 28.5 Å². The standard InChI is InChI=1S/C90H112F2N4O21/c1-54(28-22-23-29-55(2)31-26-37-59(6)45-47-72(102)117-95-70-48-49-96(85(108)93-70)84-90(91,92)78(103)67(52-97)113-84)30-24-32-56(3)33-25-34-57(4)35-27-36-58(5)44-46-71(101)114-76(74(63-38-16-13-17-39-63)94-81(105)64-40-18-14-19-41-64)83(107)112-66-51-89(109)80(115-82(106)65-42-20-15-21-43-65)77-87(12,68(100)50-69-88(77,53-110-69)116-62(9)99)79(104)75(111-61(8)98)73(60(66)7)86(89,10)11/h13-21,28-29,32,34,36-43,48-49,66-69,74-78,80,84,97,100,103,109H,22-27,30-31,33,35,44-47,50-53H2,1-12H3,(H,94,105)(H,93,95,108)/b54-28+,55-29+,56-32+,57-34+,58-36+,59-37+/t66-,67+,68-,69+,74-,75+,76+,77-,78+,80-,84+,87+,88-,89+/m0/s1. The Balaban J connectivity index is 0.790. The van der Waals surface area contributed by atoms with Crippen LogP contribution in [0.4, 0.5) is 14.6 Å². The number of fused-ring (bicyclic) bond motifs is 5. The molecule has 4 fully saturated rings. The number of aliphatic hydroxyl groups is 4. The largest absolute Gasteiger partial charge is 0.455 e. The van der Waals surface area contributed by atoms with Crippen LogP contribution < -0.4 is 16.5 Å². The maximum Gasteiger partial charge on any atom is 0.351 e. The molecule has 25 nitrogen and oxygen atoms in total. The molecule has 2 aliphatic heterocycles. The average Bonchev–Trinajstić information content (AvgIpc) is 0.990. The van der Waals surface area contributed by atoms with Crippen molar-refractivity contribution in [1.82, 2.24) is 14.9 Å². The van der Waals surface area contributed by atoms with E-state index in [-0.39, 0.29) is 60.4 Å². The van der Waals surface area contributed by atoms with Crippen LogP contribution in [-0.2, 0) is 66.8 Å².